The van der Waals surface area contributed by atoms with Gasteiger partial charge in [0.25, 0.3) is 0 Å². The van der Waals surface area contributed by atoms with Gasteiger partial charge in [-0.05, 0) is 30.5 Å². The van der Waals surface area contributed by atoms with E-state index in [1.165, 1.54) is 0 Å². The van der Waals surface area contributed by atoms with Crippen LogP contribution in [0.3, 0.4) is 0 Å². The summed E-state index contributed by atoms with van der Waals surface area (Å²) >= 11 is 0. The lowest BCUT2D eigenvalue weighted by molar-refractivity contribution is 1.00. The van der Waals surface area contributed by atoms with Gasteiger partial charge in [-0.2, -0.15) is 0 Å². The molecule has 0 aromatic carbocycles. The van der Waals surface area contributed by atoms with Gasteiger partial charge in [0, 0.05) is 24.5 Å². The van der Waals surface area contributed by atoms with Crippen LogP contribution in [0, 0.1) is 6.92 Å². The molecule has 3 heteroatoms. The van der Waals surface area contributed by atoms with Gasteiger partial charge >= 0.3 is 0 Å². The number of pyridine rings is 1. The Balaban J connectivity index is 2.37. The molecule has 1 aromatic rings. The molecule has 0 amide bonds. The van der Waals surface area contributed by atoms with Gasteiger partial charge in [0.05, 0.1) is 0 Å². The van der Waals surface area contributed by atoms with E-state index in [-0.39, 0.29) is 0 Å². The number of anilines is 1. The standard InChI is InChI=1S/C11H13N3/c1-8-5-10(7-14-11(8)12)9-3-2-4-13-6-9/h3,5-7H,2,4H2,1H3,(H2,12,14). The van der Waals surface area contributed by atoms with Crippen LogP contribution in [0.25, 0.3) is 5.57 Å². The molecule has 0 bridgehead atoms. The Morgan fingerprint density at radius 2 is 2.29 bits per heavy atom. The largest absolute Gasteiger partial charge is 0.383 e. The molecule has 1 aliphatic rings. The van der Waals surface area contributed by atoms with Gasteiger partial charge in [0.15, 0.2) is 0 Å². The summed E-state index contributed by atoms with van der Waals surface area (Å²) in [7, 11) is 0. The van der Waals surface area contributed by atoms with Crippen LogP contribution < -0.4 is 5.73 Å². The van der Waals surface area contributed by atoms with Gasteiger partial charge in [-0.15, -0.1) is 0 Å². The van der Waals surface area contributed by atoms with Crippen LogP contribution in [0.4, 0.5) is 5.82 Å². The smallest absolute Gasteiger partial charge is 0.126 e. The van der Waals surface area contributed by atoms with E-state index in [2.05, 4.69) is 16.1 Å². The van der Waals surface area contributed by atoms with Crippen LogP contribution in [-0.4, -0.2) is 17.7 Å². The van der Waals surface area contributed by atoms with Crippen molar-refractivity contribution in [1.82, 2.24) is 4.98 Å². The number of nitrogens with two attached hydrogens (primary N) is 1. The van der Waals surface area contributed by atoms with Crippen LogP contribution in [0.2, 0.25) is 0 Å². The summed E-state index contributed by atoms with van der Waals surface area (Å²) in [5, 5.41) is 0. The minimum atomic E-state index is 0.599. The molecule has 0 radical (unpaired) electrons. The number of aliphatic imine (C=N–C) groups is 1. The first-order chi connectivity index (χ1) is 6.77. The fourth-order valence-electron chi connectivity index (χ4n) is 1.45. The van der Waals surface area contributed by atoms with E-state index in [4.69, 9.17) is 5.73 Å². The average Bonchev–Trinajstić information content (AvgIpc) is 2.23. The second kappa shape index (κ2) is 3.62. The Labute approximate surface area is 83.4 Å². The molecule has 0 atom stereocenters. The third-order valence-electron chi connectivity index (χ3n) is 2.30. The van der Waals surface area contributed by atoms with Crippen molar-refractivity contribution in [2.24, 2.45) is 4.99 Å². The zero-order valence-corrected chi connectivity index (χ0v) is 8.20. The molecule has 3 nitrogen and oxygen atoms in total. The third-order valence-corrected chi connectivity index (χ3v) is 2.30. The predicted molar refractivity (Wildman–Crippen MR) is 59.3 cm³/mol. The number of dihydropyridines is 1. The molecule has 2 heterocycles. The van der Waals surface area contributed by atoms with Crippen molar-refractivity contribution in [3.8, 4) is 0 Å². The van der Waals surface area contributed by atoms with Gasteiger partial charge in [-0.3, -0.25) is 4.99 Å². The number of allylic oxidation sites excluding steroid dienone is 1. The van der Waals surface area contributed by atoms with Gasteiger partial charge in [0.2, 0.25) is 0 Å². The van der Waals surface area contributed by atoms with E-state index < -0.39 is 0 Å². The van der Waals surface area contributed by atoms with Crippen molar-refractivity contribution in [3.05, 3.63) is 29.5 Å². The number of nitrogen functional groups attached to an aromatic ring is 1. The summed E-state index contributed by atoms with van der Waals surface area (Å²) < 4.78 is 0. The first-order valence-corrected chi connectivity index (χ1v) is 4.70. The zero-order valence-electron chi connectivity index (χ0n) is 8.20. The number of aromatic nitrogens is 1. The van der Waals surface area contributed by atoms with Crippen LogP contribution in [0.15, 0.2) is 23.3 Å². The highest BCUT2D eigenvalue weighted by Crippen LogP contribution is 2.18. The fraction of sp³-hybridized carbons (Fsp3) is 0.273. The topological polar surface area (TPSA) is 51.3 Å². The second-order valence-electron chi connectivity index (χ2n) is 3.41. The molecule has 0 saturated carbocycles. The number of rotatable bonds is 1. The summed E-state index contributed by atoms with van der Waals surface area (Å²) in [6, 6.07) is 2.05. The maximum Gasteiger partial charge on any atom is 0.126 e. The summed E-state index contributed by atoms with van der Waals surface area (Å²) in [6.45, 7) is 2.86. The van der Waals surface area contributed by atoms with Crippen LogP contribution in [0.5, 0.6) is 0 Å². The van der Waals surface area contributed by atoms with Gasteiger partial charge in [-0.1, -0.05) is 6.08 Å². The molecule has 0 spiro atoms. The van der Waals surface area contributed by atoms with Crippen LogP contribution >= 0.6 is 0 Å². The molecule has 0 unspecified atom stereocenters. The Kier molecular flexibility index (Phi) is 2.31. The van der Waals surface area contributed by atoms with E-state index >= 15 is 0 Å². The van der Waals surface area contributed by atoms with E-state index in [0.29, 0.717) is 5.82 Å². The monoisotopic (exact) mass is 187 g/mol. The zero-order chi connectivity index (χ0) is 9.97. The molecular weight excluding hydrogens is 174 g/mol. The van der Waals surface area contributed by atoms with Crippen molar-refractivity contribution >= 4 is 17.6 Å². The number of hydrogen-bond donors (Lipinski definition) is 1. The highest BCUT2D eigenvalue weighted by Gasteiger charge is 2.04. The Morgan fingerprint density at radius 1 is 1.43 bits per heavy atom. The molecule has 0 fully saturated rings. The number of nitrogens with zero attached hydrogens (tertiary/aromatic N) is 2. The third kappa shape index (κ3) is 1.66. The second-order valence-corrected chi connectivity index (χ2v) is 3.41. The van der Waals surface area contributed by atoms with Crippen molar-refractivity contribution in [1.29, 1.82) is 0 Å². The lowest BCUT2D eigenvalue weighted by Crippen LogP contribution is -1.98. The predicted octanol–water partition coefficient (Wildman–Crippen LogP) is 1.83. The lowest BCUT2D eigenvalue weighted by atomic mass is 10.0. The Hall–Kier alpha value is -1.64. The quantitative estimate of drug-likeness (QED) is 0.729. The molecule has 1 aromatic heterocycles. The van der Waals surface area contributed by atoms with Gasteiger partial charge in [0.1, 0.15) is 5.82 Å². The first-order valence-electron chi connectivity index (χ1n) is 4.70. The highest BCUT2D eigenvalue weighted by atomic mass is 14.8. The van der Waals surface area contributed by atoms with Crippen molar-refractivity contribution in [3.63, 3.8) is 0 Å². The summed E-state index contributed by atoms with van der Waals surface area (Å²) in [5.74, 6) is 0.599. The minimum absolute atomic E-state index is 0.599. The normalized spacial score (nSPS) is 15.4. The number of aryl methyl sites for hydroxylation is 1. The lowest BCUT2D eigenvalue weighted by Gasteiger charge is -2.07. The van der Waals surface area contributed by atoms with Crippen LogP contribution in [-0.2, 0) is 0 Å². The van der Waals surface area contributed by atoms with E-state index in [1.54, 1.807) is 6.20 Å². The van der Waals surface area contributed by atoms with Crippen molar-refractivity contribution in [2.45, 2.75) is 13.3 Å². The average molecular weight is 187 g/mol. The fourth-order valence-corrected chi connectivity index (χ4v) is 1.45. The van der Waals surface area contributed by atoms with Gasteiger partial charge in [-0.25, -0.2) is 4.98 Å². The highest BCUT2D eigenvalue weighted by molar-refractivity contribution is 6.10. The molecule has 2 N–H and O–H groups in total. The molecule has 0 saturated heterocycles. The molecular formula is C11H13N3. The Bertz CT molecular complexity index is 405. The summed E-state index contributed by atoms with van der Waals surface area (Å²) in [4.78, 5) is 8.36. The Morgan fingerprint density at radius 3 is 2.93 bits per heavy atom. The molecule has 1 aliphatic heterocycles. The van der Waals surface area contributed by atoms with Crippen molar-refractivity contribution < 1.29 is 0 Å². The van der Waals surface area contributed by atoms with E-state index in [9.17, 15) is 0 Å². The minimum Gasteiger partial charge on any atom is -0.383 e. The van der Waals surface area contributed by atoms with E-state index in [0.717, 1.165) is 29.7 Å². The molecule has 0 aliphatic carbocycles. The van der Waals surface area contributed by atoms with Crippen molar-refractivity contribution in [2.75, 3.05) is 12.3 Å². The summed E-state index contributed by atoms with van der Waals surface area (Å²) in [5.41, 5.74) is 8.91. The van der Waals surface area contributed by atoms with Gasteiger partial charge < -0.3 is 5.73 Å². The van der Waals surface area contributed by atoms with E-state index in [1.807, 2.05) is 19.2 Å². The maximum absolute atomic E-state index is 5.65. The SMILES string of the molecule is Cc1cc(C2=CCCN=C2)cnc1N. The maximum atomic E-state index is 5.65. The molecule has 14 heavy (non-hydrogen) atoms. The molecule has 2 rings (SSSR count). The molecule has 72 valence electrons. The van der Waals surface area contributed by atoms with Crippen LogP contribution in [0.1, 0.15) is 17.5 Å². The first kappa shape index (κ1) is 8.94. The summed E-state index contributed by atoms with van der Waals surface area (Å²) in [6.07, 6.45) is 6.89. The number of hydrogen-bond acceptors (Lipinski definition) is 3.